The molecule has 1 aromatic carbocycles. The average molecular weight is 360 g/mol. The van der Waals surface area contributed by atoms with Crippen LogP contribution in [0.4, 0.5) is 5.13 Å². The van der Waals surface area contributed by atoms with Gasteiger partial charge in [0.1, 0.15) is 5.56 Å². The minimum absolute atomic E-state index is 0.195. The lowest BCUT2D eigenvalue weighted by molar-refractivity contribution is 0.102. The topological polar surface area (TPSA) is 54.5 Å². The van der Waals surface area contributed by atoms with Gasteiger partial charge in [-0.1, -0.05) is 23.2 Å². The number of hydrogen-bond donors (Lipinski definition) is 1. The number of amides is 1. The lowest BCUT2D eigenvalue weighted by Crippen LogP contribution is -2.14. The van der Waals surface area contributed by atoms with E-state index in [2.05, 4.69) is 10.3 Å². The second-order valence-corrected chi connectivity index (χ2v) is 6.45. The Balaban J connectivity index is 2.23. The van der Waals surface area contributed by atoms with Gasteiger partial charge in [-0.2, -0.15) is 0 Å². The maximum absolute atomic E-state index is 12.4. The number of benzene rings is 1. The zero-order chi connectivity index (χ0) is 16.3. The van der Waals surface area contributed by atoms with Crippen LogP contribution < -0.4 is 10.1 Å². The minimum atomic E-state index is -0.407. The third-order valence-corrected chi connectivity index (χ3v) is 4.16. The number of hydrogen-bond acceptors (Lipinski definition) is 5. The normalized spacial score (nSPS) is 10.8. The van der Waals surface area contributed by atoms with Crippen molar-refractivity contribution in [2.24, 2.45) is 0 Å². The molecule has 1 N–H and O–H groups in total. The van der Waals surface area contributed by atoms with Crippen LogP contribution in [0.15, 0.2) is 17.5 Å². The molecule has 0 aliphatic rings. The van der Waals surface area contributed by atoms with Crippen molar-refractivity contribution in [3.63, 3.8) is 0 Å². The molecule has 1 amide bonds. The lowest BCUT2D eigenvalue weighted by atomic mass is 10.2. The first-order valence-corrected chi connectivity index (χ1v) is 7.98. The molecule has 0 aliphatic carbocycles. The van der Waals surface area contributed by atoms with E-state index in [1.807, 2.05) is 24.4 Å². The van der Waals surface area contributed by atoms with Crippen molar-refractivity contribution in [2.45, 2.75) is 6.54 Å². The van der Waals surface area contributed by atoms with Crippen LogP contribution in [0, 0.1) is 0 Å². The number of aromatic nitrogens is 1. The summed E-state index contributed by atoms with van der Waals surface area (Å²) >= 11 is 13.5. The van der Waals surface area contributed by atoms with Crippen LogP contribution >= 0.6 is 34.5 Å². The van der Waals surface area contributed by atoms with Crippen molar-refractivity contribution in [1.82, 2.24) is 9.88 Å². The smallest absolute Gasteiger partial charge is 0.262 e. The third-order valence-electron chi connectivity index (χ3n) is 2.74. The van der Waals surface area contributed by atoms with E-state index in [-0.39, 0.29) is 16.3 Å². The molecule has 5 nitrogen and oxygen atoms in total. The molecule has 2 rings (SSSR count). The predicted molar refractivity (Wildman–Crippen MR) is 90.5 cm³/mol. The van der Waals surface area contributed by atoms with Gasteiger partial charge in [-0.25, -0.2) is 4.98 Å². The average Bonchev–Trinajstić information content (AvgIpc) is 2.87. The van der Waals surface area contributed by atoms with Gasteiger partial charge in [-0.05, 0) is 26.2 Å². The summed E-state index contributed by atoms with van der Waals surface area (Å²) < 4.78 is 5.17. The van der Waals surface area contributed by atoms with E-state index in [4.69, 9.17) is 27.9 Å². The number of halogens is 2. The van der Waals surface area contributed by atoms with Gasteiger partial charge in [-0.3, -0.25) is 10.1 Å². The first-order valence-electron chi connectivity index (χ1n) is 6.35. The quantitative estimate of drug-likeness (QED) is 0.882. The zero-order valence-corrected chi connectivity index (χ0v) is 14.6. The summed E-state index contributed by atoms with van der Waals surface area (Å²) in [5.74, 6) is -0.160. The highest BCUT2D eigenvalue weighted by atomic mass is 35.5. The monoisotopic (exact) mass is 359 g/mol. The molecule has 0 bridgehead atoms. The molecule has 0 spiro atoms. The molecule has 8 heteroatoms. The highest BCUT2D eigenvalue weighted by Crippen LogP contribution is 2.34. The van der Waals surface area contributed by atoms with Gasteiger partial charge in [0.15, 0.2) is 10.9 Å². The molecular formula is C14H15Cl2N3O2S. The van der Waals surface area contributed by atoms with Crippen molar-refractivity contribution in [1.29, 1.82) is 0 Å². The third kappa shape index (κ3) is 3.89. The summed E-state index contributed by atoms with van der Waals surface area (Å²) in [7, 11) is 5.34. The number of carbonyl (C=O) groups excluding carboxylic acids is 1. The van der Waals surface area contributed by atoms with E-state index in [0.29, 0.717) is 16.7 Å². The maximum atomic E-state index is 12.4. The highest BCUT2D eigenvalue weighted by molar-refractivity contribution is 7.14. The van der Waals surface area contributed by atoms with Crippen molar-refractivity contribution >= 4 is 45.6 Å². The zero-order valence-electron chi connectivity index (χ0n) is 12.3. The van der Waals surface area contributed by atoms with Gasteiger partial charge in [-0.15, -0.1) is 11.3 Å². The van der Waals surface area contributed by atoms with Crippen LogP contribution in [0.2, 0.25) is 10.0 Å². The molecule has 0 saturated carbocycles. The predicted octanol–water partition coefficient (Wildman–Crippen LogP) is 3.77. The Hall–Kier alpha value is -1.34. The van der Waals surface area contributed by atoms with E-state index in [9.17, 15) is 4.79 Å². The van der Waals surface area contributed by atoms with Crippen molar-refractivity contribution in [3.05, 3.63) is 38.8 Å². The number of nitrogens with zero attached hydrogens (tertiary/aromatic N) is 2. The molecule has 118 valence electrons. The summed E-state index contributed by atoms with van der Waals surface area (Å²) in [6.45, 7) is 0.702. The number of anilines is 1. The van der Waals surface area contributed by atoms with E-state index in [1.54, 1.807) is 12.1 Å². The Labute approximate surface area is 142 Å². The van der Waals surface area contributed by atoms with Crippen LogP contribution in [0.1, 0.15) is 16.1 Å². The molecular weight excluding hydrogens is 345 g/mol. The van der Waals surface area contributed by atoms with Crippen molar-refractivity contribution < 1.29 is 9.53 Å². The molecule has 1 aromatic heterocycles. The highest BCUT2D eigenvalue weighted by Gasteiger charge is 2.20. The maximum Gasteiger partial charge on any atom is 0.262 e. The summed E-state index contributed by atoms with van der Waals surface area (Å²) in [6.07, 6.45) is 0. The van der Waals surface area contributed by atoms with Gasteiger partial charge in [0.05, 0.1) is 22.8 Å². The number of methoxy groups -OCH3 is 1. The van der Waals surface area contributed by atoms with Crippen LogP contribution in [0.25, 0.3) is 0 Å². The molecule has 0 unspecified atom stereocenters. The van der Waals surface area contributed by atoms with Gasteiger partial charge in [0, 0.05) is 11.9 Å². The molecule has 1 heterocycles. The first-order chi connectivity index (χ1) is 10.4. The Morgan fingerprint density at radius 3 is 2.68 bits per heavy atom. The molecule has 0 fully saturated rings. The van der Waals surface area contributed by atoms with E-state index in [0.717, 1.165) is 5.69 Å². The SMILES string of the molecule is COc1c(Cl)ccc(Cl)c1C(=O)Nc1nc(CN(C)C)cs1. The summed E-state index contributed by atoms with van der Waals surface area (Å²) in [5.41, 5.74) is 1.08. The van der Waals surface area contributed by atoms with Crippen LogP contribution in [-0.4, -0.2) is 37.0 Å². The standard InChI is InChI=1S/C14H15Cl2N3O2S/c1-19(2)6-8-7-22-14(17-8)18-13(20)11-9(15)4-5-10(16)12(11)21-3/h4-5,7H,6H2,1-3H3,(H,17,18,20). The fourth-order valence-corrected chi connectivity index (χ4v) is 3.03. The number of nitrogens with one attached hydrogen (secondary N) is 1. The van der Waals surface area contributed by atoms with Crippen molar-refractivity contribution in [3.8, 4) is 5.75 Å². The van der Waals surface area contributed by atoms with E-state index < -0.39 is 5.91 Å². The van der Waals surface area contributed by atoms with Gasteiger partial charge in [0.2, 0.25) is 0 Å². The summed E-state index contributed by atoms with van der Waals surface area (Å²) in [5, 5.41) is 5.71. The molecule has 0 aliphatic heterocycles. The number of carbonyl (C=O) groups is 1. The van der Waals surface area contributed by atoms with Crippen LogP contribution in [0.5, 0.6) is 5.75 Å². The summed E-state index contributed by atoms with van der Waals surface area (Å²) in [4.78, 5) is 18.8. The Kier molecular flexibility index (Phi) is 5.63. The van der Waals surface area contributed by atoms with Gasteiger partial charge in [0.25, 0.3) is 5.91 Å². The van der Waals surface area contributed by atoms with Crippen LogP contribution in [0.3, 0.4) is 0 Å². The lowest BCUT2D eigenvalue weighted by Gasteiger charge is -2.11. The molecule has 0 radical (unpaired) electrons. The fourth-order valence-electron chi connectivity index (χ4n) is 1.86. The molecule has 2 aromatic rings. The molecule has 0 atom stereocenters. The number of rotatable bonds is 5. The molecule has 22 heavy (non-hydrogen) atoms. The fraction of sp³-hybridized carbons (Fsp3) is 0.286. The van der Waals surface area contributed by atoms with Crippen molar-refractivity contribution in [2.75, 3.05) is 26.5 Å². The minimum Gasteiger partial charge on any atom is -0.494 e. The largest absolute Gasteiger partial charge is 0.494 e. The number of ether oxygens (including phenoxy) is 1. The van der Waals surface area contributed by atoms with E-state index in [1.165, 1.54) is 18.4 Å². The second-order valence-electron chi connectivity index (χ2n) is 4.77. The second kappa shape index (κ2) is 7.28. The summed E-state index contributed by atoms with van der Waals surface area (Å²) in [6, 6.07) is 3.14. The Bertz CT molecular complexity index is 689. The van der Waals surface area contributed by atoms with Gasteiger partial charge < -0.3 is 9.64 Å². The Morgan fingerprint density at radius 1 is 1.36 bits per heavy atom. The Morgan fingerprint density at radius 2 is 2.05 bits per heavy atom. The molecule has 0 saturated heterocycles. The van der Waals surface area contributed by atoms with E-state index >= 15 is 0 Å². The first kappa shape index (κ1) is 17.0. The number of thiazole rings is 1. The van der Waals surface area contributed by atoms with Gasteiger partial charge >= 0.3 is 0 Å². The van der Waals surface area contributed by atoms with Crippen LogP contribution in [-0.2, 0) is 6.54 Å².